The van der Waals surface area contributed by atoms with E-state index in [0.717, 1.165) is 13.0 Å². The van der Waals surface area contributed by atoms with Gasteiger partial charge in [-0.1, -0.05) is 25.1 Å². The summed E-state index contributed by atoms with van der Waals surface area (Å²) in [5, 5.41) is 3.44. The van der Waals surface area contributed by atoms with Crippen molar-refractivity contribution in [3.63, 3.8) is 0 Å². The van der Waals surface area contributed by atoms with Crippen LogP contribution in [0.2, 0.25) is 0 Å². The van der Waals surface area contributed by atoms with Crippen LogP contribution in [0.3, 0.4) is 0 Å². The molecule has 2 heteroatoms. The summed E-state index contributed by atoms with van der Waals surface area (Å²) < 4.78 is 0. The number of unbranched alkanes of at least 4 members (excludes halogenated alkanes) is 1. The van der Waals surface area contributed by atoms with E-state index in [1.165, 1.54) is 22.6 Å². The Balaban J connectivity index is 2.50. The Morgan fingerprint density at radius 3 is 3.00 bits per heavy atom. The summed E-state index contributed by atoms with van der Waals surface area (Å²) in [4.78, 5) is 1.37. The molecule has 0 heterocycles. The van der Waals surface area contributed by atoms with Crippen LogP contribution >= 0.6 is 11.8 Å². The summed E-state index contributed by atoms with van der Waals surface area (Å²) in [6.45, 7) is 9.11. The predicted molar refractivity (Wildman–Crippen MR) is 78.7 cm³/mol. The summed E-state index contributed by atoms with van der Waals surface area (Å²) in [6.07, 6.45) is 4.31. The lowest BCUT2D eigenvalue weighted by atomic mass is 10.1. The SMILES string of the molecule is C=CCCCSc1cccc(C(C)NCC)c1. The van der Waals surface area contributed by atoms with E-state index in [-0.39, 0.29) is 0 Å². The van der Waals surface area contributed by atoms with Crippen LogP contribution in [0.25, 0.3) is 0 Å². The summed E-state index contributed by atoms with van der Waals surface area (Å²) >= 11 is 1.93. The van der Waals surface area contributed by atoms with E-state index in [9.17, 15) is 0 Å². The number of hydrogen-bond acceptors (Lipinski definition) is 2. The second kappa shape index (κ2) is 8.37. The molecule has 0 aromatic heterocycles. The van der Waals surface area contributed by atoms with Gasteiger partial charge in [0, 0.05) is 10.9 Å². The van der Waals surface area contributed by atoms with Gasteiger partial charge in [0.1, 0.15) is 0 Å². The second-order valence-electron chi connectivity index (χ2n) is 4.13. The predicted octanol–water partition coefficient (Wildman–Crippen LogP) is 4.42. The molecule has 0 bridgehead atoms. The van der Waals surface area contributed by atoms with Crippen molar-refractivity contribution >= 4 is 11.8 Å². The van der Waals surface area contributed by atoms with Crippen LogP contribution < -0.4 is 5.32 Å². The average Bonchev–Trinajstić information content (AvgIpc) is 2.35. The van der Waals surface area contributed by atoms with E-state index < -0.39 is 0 Å². The first-order valence-electron chi connectivity index (χ1n) is 6.35. The molecule has 1 atom stereocenters. The molecule has 1 unspecified atom stereocenters. The molecule has 0 amide bonds. The quantitative estimate of drug-likeness (QED) is 0.416. The molecular formula is C15H23NS. The number of benzene rings is 1. The molecular weight excluding hydrogens is 226 g/mol. The molecule has 1 aromatic carbocycles. The van der Waals surface area contributed by atoms with Crippen LogP contribution in [0.15, 0.2) is 41.8 Å². The first kappa shape index (κ1) is 14.3. The Morgan fingerprint density at radius 2 is 2.29 bits per heavy atom. The standard InChI is InChI=1S/C15H23NS/c1-4-6-7-11-17-15-10-8-9-14(12-15)13(3)16-5-2/h4,8-10,12-13,16H,1,5-7,11H2,2-3H3. The van der Waals surface area contributed by atoms with Crippen LogP contribution in [0.5, 0.6) is 0 Å². The number of thioether (sulfide) groups is 1. The van der Waals surface area contributed by atoms with Gasteiger partial charge in [0.15, 0.2) is 0 Å². The molecule has 0 saturated carbocycles. The highest BCUT2D eigenvalue weighted by molar-refractivity contribution is 7.99. The molecule has 94 valence electrons. The van der Waals surface area contributed by atoms with Crippen molar-refractivity contribution in [2.45, 2.75) is 37.6 Å². The zero-order valence-electron chi connectivity index (χ0n) is 10.9. The van der Waals surface area contributed by atoms with Gasteiger partial charge in [0.05, 0.1) is 0 Å². The summed E-state index contributed by atoms with van der Waals surface area (Å²) in [5.41, 5.74) is 1.38. The molecule has 0 radical (unpaired) electrons. The molecule has 1 nitrogen and oxygen atoms in total. The first-order chi connectivity index (χ1) is 8.27. The summed E-state index contributed by atoms with van der Waals surface area (Å²) in [5.74, 6) is 1.17. The average molecular weight is 249 g/mol. The smallest absolute Gasteiger partial charge is 0.0292 e. The molecule has 0 fully saturated rings. The van der Waals surface area contributed by atoms with Crippen molar-refractivity contribution in [2.75, 3.05) is 12.3 Å². The maximum Gasteiger partial charge on any atom is 0.0292 e. The normalized spacial score (nSPS) is 12.4. The van der Waals surface area contributed by atoms with Crippen LogP contribution in [0.1, 0.15) is 38.3 Å². The van der Waals surface area contributed by atoms with Crippen molar-refractivity contribution in [3.05, 3.63) is 42.5 Å². The minimum Gasteiger partial charge on any atom is -0.310 e. The summed E-state index contributed by atoms with van der Waals surface area (Å²) in [7, 11) is 0. The highest BCUT2D eigenvalue weighted by Gasteiger charge is 2.04. The molecule has 1 rings (SSSR count). The minimum absolute atomic E-state index is 0.439. The van der Waals surface area contributed by atoms with Crippen molar-refractivity contribution < 1.29 is 0 Å². The molecule has 0 saturated heterocycles. The zero-order valence-corrected chi connectivity index (χ0v) is 11.7. The fourth-order valence-corrected chi connectivity index (χ4v) is 2.66. The molecule has 0 aliphatic heterocycles. The Hall–Kier alpha value is -0.730. The van der Waals surface area contributed by atoms with Gasteiger partial charge >= 0.3 is 0 Å². The highest BCUT2D eigenvalue weighted by atomic mass is 32.2. The van der Waals surface area contributed by atoms with E-state index in [1.807, 2.05) is 17.8 Å². The monoisotopic (exact) mass is 249 g/mol. The fourth-order valence-electron chi connectivity index (χ4n) is 1.72. The van der Waals surface area contributed by atoms with Crippen molar-refractivity contribution in [1.29, 1.82) is 0 Å². The van der Waals surface area contributed by atoms with E-state index in [0.29, 0.717) is 6.04 Å². The third-order valence-electron chi connectivity index (χ3n) is 2.69. The van der Waals surface area contributed by atoms with Gasteiger partial charge in [-0.2, -0.15) is 0 Å². The van der Waals surface area contributed by atoms with Crippen LogP contribution in [-0.2, 0) is 0 Å². The number of nitrogens with one attached hydrogen (secondary N) is 1. The zero-order chi connectivity index (χ0) is 12.5. The molecule has 0 spiro atoms. The molecule has 1 aromatic rings. The Kier molecular flexibility index (Phi) is 7.06. The fraction of sp³-hybridized carbons (Fsp3) is 0.467. The van der Waals surface area contributed by atoms with Crippen LogP contribution in [0.4, 0.5) is 0 Å². The first-order valence-corrected chi connectivity index (χ1v) is 7.33. The largest absolute Gasteiger partial charge is 0.310 e. The third-order valence-corrected chi connectivity index (χ3v) is 3.77. The lowest BCUT2D eigenvalue weighted by molar-refractivity contribution is 0.597. The Labute approximate surface area is 110 Å². The van der Waals surface area contributed by atoms with Gasteiger partial charge in [-0.3, -0.25) is 0 Å². The van der Waals surface area contributed by atoms with Crippen LogP contribution in [-0.4, -0.2) is 12.3 Å². The lowest BCUT2D eigenvalue weighted by Gasteiger charge is -2.13. The number of hydrogen-bond donors (Lipinski definition) is 1. The third kappa shape index (κ3) is 5.42. The Morgan fingerprint density at radius 1 is 1.47 bits per heavy atom. The van der Waals surface area contributed by atoms with Gasteiger partial charge in [0.25, 0.3) is 0 Å². The van der Waals surface area contributed by atoms with E-state index in [1.54, 1.807) is 0 Å². The highest BCUT2D eigenvalue weighted by Crippen LogP contribution is 2.23. The van der Waals surface area contributed by atoms with Crippen LogP contribution in [0, 0.1) is 0 Å². The molecule has 17 heavy (non-hydrogen) atoms. The van der Waals surface area contributed by atoms with Gasteiger partial charge < -0.3 is 5.32 Å². The molecule has 0 aliphatic rings. The van der Waals surface area contributed by atoms with E-state index >= 15 is 0 Å². The number of allylic oxidation sites excluding steroid dienone is 1. The second-order valence-corrected chi connectivity index (χ2v) is 5.30. The van der Waals surface area contributed by atoms with E-state index in [4.69, 9.17) is 0 Å². The van der Waals surface area contributed by atoms with E-state index in [2.05, 4.69) is 50.0 Å². The van der Waals surface area contributed by atoms with Crippen molar-refractivity contribution in [3.8, 4) is 0 Å². The molecule has 1 N–H and O–H groups in total. The Bertz CT molecular complexity index is 335. The van der Waals surface area contributed by atoms with Gasteiger partial charge in [-0.05, 0) is 49.8 Å². The summed E-state index contributed by atoms with van der Waals surface area (Å²) in [6, 6.07) is 9.28. The number of rotatable bonds is 8. The maximum absolute atomic E-state index is 3.75. The van der Waals surface area contributed by atoms with Crippen molar-refractivity contribution in [1.82, 2.24) is 5.32 Å². The van der Waals surface area contributed by atoms with Gasteiger partial charge in [0.2, 0.25) is 0 Å². The maximum atomic E-state index is 3.75. The minimum atomic E-state index is 0.439. The van der Waals surface area contributed by atoms with Gasteiger partial charge in [-0.15, -0.1) is 18.3 Å². The van der Waals surface area contributed by atoms with Gasteiger partial charge in [-0.25, -0.2) is 0 Å². The topological polar surface area (TPSA) is 12.0 Å². The molecule has 0 aliphatic carbocycles. The lowest BCUT2D eigenvalue weighted by Crippen LogP contribution is -2.17. The van der Waals surface area contributed by atoms with Crippen molar-refractivity contribution in [2.24, 2.45) is 0 Å².